The van der Waals surface area contributed by atoms with Crippen molar-refractivity contribution in [1.29, 1.82) is 0 Å². The minimum atomic E-state index is -0.912. The molecule has 0 unspecified atom stereocenters. The number of allylic oxidation sites excluding steroid dienone is 1. The summed E-state index contributed by atoms with van der Waals surface area (Å²) in [6, 6.07) is 3.61. The SMILES string of the molecule is Cn1ncc2c1CCC(=Cc1ccc(F)c(F)c1)C2=O. The van der Waals surface area contributed by atoms with Crippen LogP contribution in [0.4, 0.5) is 8.78 Å². The number of aryl methyl sites for hydroxylation is 1. The van der Waals surface area contributed by atoms with Crippen molar-refractivity contribution in [2.24, 2.45) is 7.05 Å². The van der Waals surface area contributed by atoms with Crippen LogP contribution in [-0.4, -0.2) is 15.6 Å². The molecule has 0 amide bonds. The second kappa shape index (κ2) is 4.67. The first-order valence-electron chi connectivity index (χ1n) is 6.27. The first kappa shape index (κ1) is 12.7. The lowest BCUT2D eigenvalue weighted by Crippen LogP contribution is -2.15. The number of Topliss-reactive ketones (excluding diaryl/α,β-unsaturated/α-hetero) is 1. The number of halogens is 2. The third-order valence-electron chi connectivity index (χ3n) is 3.51. The Bertz CT molecular complexity index is 731. The van der Waals surface area contributed by atoms with Crippen LogP contribution >= 0.6 is 0 Å². The molecule has 20 heavy (non-hydrogen) atoms. The lowest BCUT2D eigenvalue weighted by molar-refractivity contribution is 0.102. The molecule has 1 aromatic heterocycles. The molecule has 0 radical (unpaired) electrons. The van der Waals surface area contributed by atoms with E-state index in [0.717, 1.165) is 17.8 Å². The maximum Gasteiger partial charge on any atom is 0.192 e. The lowest BCUT2D eigenvalue weighted by Gasteiger charge is -2.14. The third kappa shape index (κ3) is 2.05. The van der Waals surface area contributed by atoms with Gasteiger partial charge in [0, 0.05) is 18.3 Å². The Kier molecular flexibility index (Phi) is 2.97. The lowest BCUT2D eigenvalue weighted by atomic mass is 9.90. The van der Waals surface area contributed by atoms with E-state index in [1.54, 1.807) is 24.0 Å². The number of hydrogen-bond acceptors (Lipinski definition) is 2. The zero-order chi connectivity index (χ0) is 14.3. The predicted molar refractivity (Wildman–Crippen MR) is 70.2 cm³/mol. The highest BCUT2D eigenvalue weighted by Crippen LogP contribution is 2.26. The average molecular weight is 274 g/mol. The Labute approximate surface area is 114 Å². The number of benzene rings is 1. The van der Waals surface area contributed by atoms with Gasteiger partial charge in [-0.1, -0.05) is 6.07 Å². The second-order valence-electron chi connectivity index (χ2n) is 4.80. The molecule has 0 bridgehead atoms. The topological polar surface area (TPSA) is 34.9 Å². The standard InChI is InChI=1S/C15H12F2N2O/c1-19-14-5-3-10(15(20)11(14)8-18-19)6-9-2-4-12(16)13(17)7-9/h2,4,6-8H,3,5H2,1H3. The minimum Gasteiger partial charge on any atom is -0.289 e. The molecule has 1 aliphatic rings. The molecular weight excluding hydrogens is 262 g/mol. The van der Waals surface area contributed by atoms with Crippen molar-refractivity contribution in [2.45, 2.75) is 12.8 Å². The molecule has 5 heteroatoms. The van der Waals surface area contributed by atoms with E-state index in [2.05, 4.69) is 5.10 Å². The van der Waals surface area contributed by atoms with Crippen molar-refractivity contribution >= 4 is 11.9 Å². The van der Waals surface area contributed by atoms with Gasteiger partial charge in [-0.2, -0.15) is 5.10 Å². The monoisotopic (exact) mass is 274 g/mol. The van der Waals surface area contributed by atoms with Crippen molar-refractivity contribution in [3.8, 4) is 0 Å². The molecule has 2 aromatic rings. The van der Waals surface area contributed by atoms with Gasteiger partial charge in [0.25, 0.3) is 0 Å². The van der Waals surface area contributed by atoms with E-state index >= 15 is 0 Å². The third-order valence-corrected chi connectivity index (χ3v) is 3.51. The quantitative estimate of drug-likeness (QED) is 0.749. The van der Waals surface area contributed by atoms with Crippen LogP contribution in [0.25, 0.3) is 6.08 Å². The van der Waals surface area contributed by atoms with E-state index in [1.165, 1.54) is 6.07 Å². The highest BCUT2D eigenvalue weighted by molar-refractivity contribution is 6.12. The van der Waals surface area contributed by atoms with Crippen LogP contribution in [0.1, 0.15) is 28.0 Å². The number of aromatic nitrogens is 2. The first-order valence-corrected chi connectivity index (χ1v) is 6.27. The molecule has 1 aromatic carbocycles. The Balaban J connectivity index is 1.97. The molecule has 0 fully saturated rings. The Morgan fingerprint density at radius 2 is 2.05 bits per heavy atom. The fourth-order valence-electron chi connectivity index (χ4n) is 2.43. The summed E-state index contributed by atoms with van der Waals surface area (Å²) in [6.45, 7) is 0. The second-order valence-corrected chi connectivity index (χ2v) is 4.80. The molecular formula is C15H12F2N2O. The van der Waals surface area contributed by atoms with Crippen molar-refractivity contribution in [3.05, 3.63) is 58.4 Å². The fourth-order valence-corrected chi connectivity index (χ4v) is 2.43. The van der Waals surface area contributed by atoms with Crippen LogP contribution in [0.2, 0.25) is 0 Å². The van der Waals surface area contributed by atoms with Crippen LogP contribution < -0.4 is 0 Å². The molecule has 0 atom stereocenters. The number of carbonyl (C=O) groups is 1. The highest BCUT2D eigenvalue weighted by Gasteiger charge is 2.24. The molecule has 102 valence electrons. The van der Waals surface area contributed by atoms with Crippen molar-refractivity contribution in [2.75, 3.05) is 0 Å². The number of hydrogen-bond donors (Lipinski definition) is 0. The summed E-state index contributed by atoms with van der Waals surface area (Å²) in [5.74, 6) is -1.90. The molecule has 0 aliphatic heterocycles. The maximum atomic E-state index is 13.2. The van der Waals surface area contributed by atoms with Gasteiger partial charge < -0.3 is 0 Å². The minimum absolute atomic E-state index is 0.0934. The van der Waals surface area contributed by atoms with Crippen LogP contribution in [-0.2, 0) is 13.5 Å². The van der Waals surface area contributed by atoms with Crippen LogP contribution in [0.3, 0.4) is 0 Å². The molecule has 0 saturated carbocycles. The zero-order valence-corrected chi connectivity index (χ0v) is 10.9. The van der Waals surface area contributed by atoms with Gasteiger partial charge in [0.15, 0.2) is 17.4 Å². The van der Waals surface area contributed by atoms with E-state index in [0.29, 0.717) is 29.5 Å². The summed E-state index contributed by atoms with van der Waals surface area (Å²) >= 11 is 0. The van der Waals surface area contributed by atoms with Crippen molar-refractivity contribution in [1.82, 2.24) is 9.78 Å². The van der Waals surface area contributed by atoms with E-state index in [9.17, 15) is 13.6 Å². The average Bonchev–Trinajstić information content (AvgIpc) is 2.80. The van der Waals surface area contributed by atoms with Gasteiger partial charge in [-0.25, -0.2) is 8.78 Å². The first-order chi connectivity index (χ1) is 9.56. The smallest absolute Gasteiger partial charge is 0.192 e. The van der Waals surface area contributed by atoms with E-state index < -0.39 is 11.6 Å². The summed E-state index contributed by atoms with van der Waals surface area (Å²) in [5, 5.41) is 4.07. The summed E-state index contributed by atoms with van der Waals surface area (Å²) < 4.78 is 27.7. The van der Waals surface area contributed by atoms with E-state index in [4.69, 9.17) is 0 Å². The molecule has 3 rings (SSSR count). The number of nitrogens with zero attached hydrogens (tertiary/aromatic N) is 2. The van der Waals surface area contributed by atoms with Crippen LogP contribution in [0.5, 0.6) is 0 Å². The number of ketones is 1. The largest absolute Gasteiger partial charge is 0.289 e. The summed E-state index contributed by atoms with van der Waals surface area (Å²) in [4.78, 5) is 12.3. The number of carbonyl (C=O) groups excluding carboxylic acids is 1. The van der Waals surface area contributed by atoms with Gasteiger partial charge in [0.05, 0.1) is 11.8 Å². The number of rotatable bonds is 1. The fraction of sp³-hybridized carbons (Fsp3) is 0.200. The van der Waals surface area contributed by atoms with Crippen LogP contribution in [0.15, 0.2) is 30.0 Å². The summed E-state index contributed by atoms with van der Waals surface area (Å²) in [6.07, 6.45) is 4.45. The summed E-state index contributed by atoms with van der Waals surface area (Å²) in [5.41, 5.74) is 2.58. The van der Waals surface area contributed by atoms with Gasteiger partial charge in [-0.3, -0.25) is 9.48 Å². The van der Waals surface area contributed by atoms with Crippen LogP contribution in [0, 0.1) is 11.6 Å². The molecule has 0 N–H and O–H groups in total. The summed E-state index contributed by atoms with van der Waals surface area (Å²) in [7, 11) is 1.80. The maximum absolute atomic E-state index is 13.2. The normalized spacial score (nSPS) is 16.6. The number of fused-ring (bicyclic) bond motifs is 1. The molecule has 1 aliphatic carbocycles. The van der Waals surface area contributed by atoms with Gasteiger partial charge in [0.2, 0.25) is 0 Å². The van der Waals surface area contributed by atoms with Gasteiger partial charge in [-0.15, -0.1) is 0 Å². The van der Waals surface area contributed by atoms with Gasteiger partial charge in [-0.05, 0) is 36.6 Å². The highest BCUT2D eigenvalue weighted by atomic mass is 19.2. The molecule has 1 heterocycles. The van der Waals surface area contributed by atoms with Crippen molar-refractivity contribution < 1.29 is 13.6 Å². The van der Waals surface area contributed by atoms with Gasteiger partial charge >= 0.3 is 0 Å². The Morgan fingerprint density at radius 1 is 1.25 bits per heavy atom. The van der Waals surface area contributed by atoms with Crippen molar-refractivity contribution in [3.63, 3.8) is 0 Å². The Hall–Kier alpha value is -2.30. The molecule has 0 spiro atoms. The Morgan fingerprint density at radius 3 is 2.80 bits per heavy atom. The van der Waals surface area contributed by atoms with E-state index in [1.807, 2.05) is 0 Å². The zero-order valence-electron chi connectivity index (χ0n) is 10.9. The van der Waals surface area contributed by atoms with E-state index in [-0.39, 0.29) is 5.78 Å². The van der Waals surface area contributed by atoms with Gasteiger partial charge in [0.1, 0.15) is 0 Å². The predicted octanol–water partition coefficient (Wildman–Crippen LogP) is 2.91. The molecule has 3 nitrogen and oxygen atoms in total. The molecule has 0 saturated heterocycles.